The fourth-order valence-electron chi connectivity index (χ4n) is 1.93. The van der Waals surface area contributed by atoms with Gasteiger partial charge < -0.3 is 0 Å². The molecule has 0 aliphatic carbocycles. The monoisotopic (exact) mass is 238 g/mol. The van der Waals surface area contributed by atoms with E-state index in [1.54, 1.807) is 22.7 Å². The minimum Gasteiger partial charge on any atom is -0.142 e. The highest BCUT2D eigenvalue weighted by Crippen LogP contribution is 2.37. The zero-order valence-corrected chi connectivity index (χ0v) is 9.91. The first-order chi connectivity index (χ1) is 7.86. The third-order valence-electron chi connectivity index (χ3n) is 2.61. The van der Waals surface area contributed by atoms with Crippen LogP contribution in [0.3, 0.4) is 0 Å². The summed E-state index contributed by atoms with van der Waals surface area (Å²) in [5.41, 5.74) is 1.94. The minimum absolute atomic E-state index is 0.972. The molecule has 2 heterocycles. The fourth-order valence-corrected chi connectivity index (χ4v) is 3.78. The summed E-state index contributed by atoms with van der Waals surface area (Å²) >= 11 is 3.31. The normalized spacial score (nSPS) is 10.4. The molecule has 2 aromatic heterocycles. The van der Waals surface area contributed by atoms with Gasteiger partial charge in [0.1, 0.15) is 0 Å². The Balaban J connectivity index is 2.73. The van der Waals surface area contributed by atoms with E-state index in [0.717, 1.165) is 31.3 Å². The lowest BCUT2D eigenvalue weighted by Gasteiger charge is -2.02. The highest BCUT2D eigenvalue weighted by atomic mass is 32.1. The smallest absolute Gasteiger partial charge is 0.0518 e. The number of fused-ring (bicyclic) bond motifs is 2. The summed E-state index contributed by atoms with van der Waals surface area (Å²) in [6.45, 7) is 0. The highest BCUT2D eigenvalue weighted by molar-refractivity contribution is 7.19. The van der Waals surface area contributed by atoms with Crippen LogP contribution >= 0.6 is 22.7 Å². The van der Waals surface area contributed by atoms with Crippen molar-refractivity contribution in [3.05, 3.63) is 34.0 Å². The summed E-state index contributed by atoms with van der Waals surface area (Å²) in [5, 5.41) is 6.29. The second-order valence-corrected chi connectivity index (χ2v) is 5.20. The molecule has 16 heavy (non-hydrogen) atoms. The fraction of sp³-hybridized carbons (Fsp3) is 0. The van der Waals surface area contributed by atoms with E-state index in [2.05, 4.69) is 24.0 Å². The van der Waals surface area contributed by atoms with E-state index in [4.69, 9.17) is 12.8 Å². The Hall–Kier alpha value is -1.74. The van der Waals surface area contributed by atoms with Crippen molar-refractivity contribution in [2.24, 2.45) is 0 Å². The first-order valence-electron chi connectivity index (χ1n) is 4.70. The maximum atomic E-state index is 5.60. The molecule has 74 valence electrons. The van der Waals surface area contributed by atoms with Crippen LogP contribution in [-0.2, 0) is 0 Å². The van der Waals surface area contributed by atoms with Gasteiger partial charge in [0.25, 0.3) is 0 Å². The Morgan fingerprint density at radius 1 is 0.812 bits per heavy atom. The summed E-state index contributed by atoms with van der Waals surface area (Å²) in [7, 11) is 0. The molecule has 0 N–H and O–H groups in total. The van der Waals surface area contributed by atoms with Gasteiger partial charge in [-0.2, -0.15) is 0 Å². The van der Waals surface area contributed by atoms with Gasteiger partial charge in [-0.3, -0.25) is 0 Å². The molecule has 1 aromatic carbocycles. The van der Waals surface area contributed by atoms with E-state index in [1.165, 1.54) is 0 Å². The lowest BCUT2D eigenvalue weighted by molar-refractivity contribution is 1.90. The third kappa shape index (κ3) is 1.06. The van der Waals surface area contributed by atoms with E-state index in [0.29, 0.717) is 0 Å². The number of thiophene rings is 2. The van der Waals surface area contributed by atoms with Crippen molar-refractivity contribution in [2.75, 3.05) is 0 Å². The van der Waals surface area contributed by atoms with Crippen LogP contribution in [0.1, 0.15) is 11.1 Å². The van der Waals surface area contributed by atoms with Crippen LogP contribution in [0.5, 0.6) is 0 Å². The van der Waals surface area contributed by atoms with Crippen LogP contribution in [0.4, 0.5) is 0 Å². The van der Waals surface area contributed by atoms with Gasteiger partial charge in [0.15, 0.2) is 0 Å². The predicted octanol–water partition coefficient (Wildman–Crippen LogP) is 4.08. The molecule has 3 aromatic rings. The van der Waals surface area contributed by atoms with Crippen LogP contribution in [0.25, 0.3) is 20.2 Å². The maximum absolute atomic E-state index is 5.60. The summed E-state index contributed by atoms with van der Waals surface area (Å²) in [6.07, 6.45) is 11.2. The summed E-state index contributed by atoms with van der Waals surface area (Å²) in [6, 6.07) is 4.10. The molecule has 0 bridgehead atoms. The minimum atomic E-state index is 0.972. The molecule has 2 heteroatoms. The van der Waals surface area contributed by atoms with Gasteiger partial charge in [-0.25, -0.2) is 0 Å². The Bertz CT molecular complexity index is 658. The van der Waals surface area contributed by atoms with Gasteiger partial charge in [-0.15, -0.1) is 35.5 Å². The van der Waals surface area contributed by atoms with E-state index in [9.17, 15) is 0 Å². The van der Waals surface area contributed by atoms with Crippen molar-refractivity contribution in [2.45, 2.75) is 0 Å². The topological polar surface area (TPSA) is 0 Å². The Labute approximate surface area is 102 Å². The molecule has 0 saturated heterocycles. The standard InChI is InChI=1S/C14H6S2/c1-3-9-11-5-7-16-14(11)10(4-2)12-6-8-15-13(9)12/h1-2,5-8H. The van der Waals surface area contributed by atoms with Gasteiger partial charge in [0.2, 0.25) is 0 Å². The van der Waals surface area contributed by atoms with Crippen molar-refractivity contribution in [1.82, 2.24) is 0 Å². The lowest BCUT2D eigenvalue weighted by atomic mass is 10.0. The van der Waals surface area contributed by atoms with Gasteiger partial charge in [0, 0.05) is 10.8 Å². The van der Waals surface area contributed by atoms with Crippen LogP contribution < -0.4 is 0 Å². The predicted molar refractivity (Wildman–Crippen MR) is 73.1 cm³/mol. The van der Waals surface area contributed by atoms with E-state index >= 15 is 0 Å². The number of hydrogen-bond acceptors (Lipinski definition) is 2. The molecular weight excluding hydrogens is 232 g/mol. The summed E-state index contributed by atoms with van der Waals surface area (Å²) < 4.78 is 2.25. The molecule has 3 rings (SSSR count). The van der Waals surface area contributed by atoms with Crippen LogP contribution in [0, 0.1) is 24.7 Å². The van der Waals surface area contributed by atoms with Crippen molar-refractivity contribution in [3.63, 3.8) is 0 Å². The van der Waals surface area contributed by atoms with E-state index in [-0.39, 0.29) is 0 Å². The van der Waals surface area contributed by atoms with Crippen LogP contribution in [-0.4, -0.2) is 0 Å². The van der Waals surface area contributed by atoms with Crippen LogP contribution in [0.2, 0.25) is 0 Å². The Morgan fingerprint density at radius 3 is 1.62 bits per heavy atom. The third-order valence-corrected chi connectivity index (χ3v) is 4.48. The van der Waals surface area contributed by atoms with E-state index in [1.807, 2.05) is 10.8 Å². The number of benzene rings is 1. The largest absolute Gasteiger partial charge is 0.142 e. The summed E-state index contributed by atoms with van der Waals surface area (Å²) in [4.78, 5) is 0. The zero-order chi connectivity index (χ0) is 11.1. The quantitative estimate of drug-likeness (QED) is 0.518. The van der Waals surface area contributed by atoms with E-state index < -0.39 is 0 Å². The van der Waals surface area contributed by atoms with Gasteiger partial charge in [0.05, 0.1) is 20.5 Å². The van der Waals surface area contributed by atoms with Gasteiger partial charge >= 0.3 is 0 Å². The van der Waals surface area contributed by atoms with Crippen molar-refractivity contribution in [1.29, 1.82) is 0 Å². The molecule has 0 amide bonds. The second kappa shape index (κ2) is 3.39. The SMILES string of the molecule is C#Cc1c2ccsc2c(C#C)c2ccsc12. The molecule has 0 aliphatic heterocycles. The van der Waals surface area contributed by atoms with Crippen LogP contribution in [0.15, 0.2) is 22.9 Å². The highest BCUT2D eigenvalue weighted by Gasteiger charge is 2.13. The number of terminal acetylenes is 2. The molecule has 0 fully saturated rings. The average Bonchev–Trinajstić information content (AvgIpc) is 2.93. The molecule has 0 spiro atoms. The first-order valence-corrected chi connectivity index (χ1v) is 6.46. The van der Waals surface area contributed by atoms with Crippen molar-refractivity contribution < 1.29 is 0 Å². The maximum Gasteiger partial charge on any atom is 0.0518 e. The molecular formula is C14H6S2. The van der Waals surface area contributed by atoms with Crippen molar-refractivity contribution in [3.8, 4) is 24.7 Å². The number of hydrogen-bond donors (Lipinski definition) is 0. The molecule has 0 atom stereocenters. The van der Waals surface area contributed by atoms with Gasteiger partial charge in [-0.05, 0) is 22.9 Å². The lowest BCUT2D eigenvalue weighted by Crippen LogP contribution is -1.82. The Kier molecular flexibility index (Phi) is 2.01. The molecule has 0 unspecified atom stereocenters. The average molecular weight is 238 g/mol. The van der Waals surface area contributed by atoms with Crippen molar-refractivity contribution >= 4 is 42.8 Å². The van der Waals surface area contributed by atoms with Gasteiger partial charge in [-0.1, -0.05) is 11.8 Å². The molecule has 0 nitrogen and oxygen atoms in total. The zero-order valence-electron chi connectivity index (χ0n) is 8.28. The second-order valence-electron chi connectivity index (χ2n) is 3.37. The molecule has 0 radical (unpaired) electrons. The Morgan fingerprint density at radius 2 is 1.25 bits per heavy atom. The molecule has 0 saturated carbocycles. The summed E-state index contributed by atoms with van der Waals surface area (Å²) in [5.74, 6) is 5.57. The number of rotatable bonds is 0. The molecule has 0 aliphatic rings. The first kappa shape index (κ1) is 9.48.